The lowest BCUT2D eigenvalue weighted by Gasteiger charge is -2.56. The normalized spacial score (nSPS) is 24.4. The minimum atomic E-state index is -4.78. The van der Waals surface area contributed by atoms with E-state index >= 15 is 8.78 Å². The fraction of sp³-hybridized carbons (Fsp3) is 0.528. The second kappa shape index (κ2) is 19.1. The molecular weight excluding hydrogens is 927 g/mol. The van der Waals surface area contributed by atoms with Gasteiger partial charge in [0.15, 0.2) is 0 Å². The third-order valence-corrected chi connectivity index (χ3v) is 17.1. The molecule has 1 amide bonds. The number of rotatable bonds is 13. The van der Waals surface area contributed by atoms with Gasteiger partial charge in [0, 0.05) is 69.0 Å². The molecule has 0 bridgehead atoms. The van der Waals surface area contributed by atoms with Crippen LogP contribution < -0.4 is 19.7 Å². The summed E-state index contributed by atoms with van der Waals surface area (Å²) in [4.78, 5) is 36.8. The molecule has 71 heavy (non-hydrogen) atoms. The number of likely N-dealkylation sites (tertiary alicyclic amines) is 2. The number of nitrogens with zero attached hydrogens (tertiary/aromatic N) is 7. The molecule has 10 rings (SSSR count). The lowest BCUT2D eigenvalue weighted by atomic mass is 9.59. The number of halogens is 2. The number of ether oxygens (including phenoxy) is 1. The minimum absolute atomic E-state index is 0.0238. The maximum Gasteiger partial charge on any atom is 0.268 e. The number of anilines is 1. The van der Waals surface area contributed by atoms with Gasteiger partial charge in [-0.15, -0.1) is 0 Å². The van der Waals surface area contributed by atoms with Crippen molar-refractivity contribution in [2.45, 2.75) is 122 Å². The number of fused-ring (bicyclic) bond motifs is 2. The Labute approximate surface area is 415 Å². The number of pyridine rings is 1. The van der Waals surface area contributed by atoms with Crippen molar-refractivity contribution in [1.29, 1.82) is 0 Å². The Balaban J connectivity index is 0.848. The van der Waals surface area contributed by atoms with Gasteiger partial charge in [-0.1, -0.05) is 64.0 Å². The molecule has 3 atom stereocenters. The van der Waals surface area contributed by atoms with E-state index in [2.05, 4.69) is 104 Å². The number of H-pyrrole nitrogens is 1. The van der Waals surface area contributed by atoms with Crippen LogP contribution in [0.15, 0.2) is 87.0 Å². The summed E-state index contributed by atoms with van der Waals surface area (Å²) in [5, 5.41) is 17.5. The summed E-state index contributed by atoms with van der Waals surface area (Å²) in [6.45, 7) is 15.2. The molecule has 4 N–H and O–H groups in total. The molecule has 15 nitrogen and oxygen atoms in total. The molecule has 1 saturated carbocycles. The molecular formula is C53H66F2N10O5S. The number of hydrogen-bond acceptors (Lipinski definition) is 13. The molecule has 378 valence electrons. The number of carbonyl (C=O) groups is 1. The smallest absolute Gasteiger partial charge is 0.268 e. The highest BCUT2D eigenvalue weighted by molar-refractivity contribution is 7.95. The van der Waals surface area contributed by atoms with Crippen molar-refractivity contribution in [2.24, 2.45) is 26.0 Å². The van der Waals surface area contributed by atoms with Crippen LogP contribution in [0.5, 0.6) is 11.5 Å². The standard InChI is InChI=1S/C53H66F2N10O5S/c1-33(2)37-9-6-7-10-38(37)42-11-8-18-65(42)35-27-52(28-35)13-21-64(22-14-52)43-26-44(70-36-23-34-12-17-56-49(34)57-29-36)39(24-40(43)54)50(66)62-71(68,69)45-25-41(61-67)46(48-47(45)59-32-60-48)58-30-53(55)15-19-63(20-16-53)31-51(3,4)5/h6-7,9-10,12,17,23-26,29,32-33,35,42,46,48,58,67H,8,11,13-16,18-22,27-28,30-31H2,1-5H3,(H,56,57)(H,62,66)/t42-,46?,48?/m0/s1. The molecule has 3 saturated heterocycles. The van der Waals surface area contributed by atoms with E-state index < -0.39 is 44.4 Å². The van der Waals surface area contributed by atoms with E-state index in [0.717, 1.165) is 56.3 Å². The van der Waals surface area contributed by atoms with E-state index in [9.17, 15) is 18.4 Å². The van der Waals surface area contributed by atoms with Gasteiger partial charge in [0.2, 0.25) is 0 Å². The number of sulfonamides is 1. The largest absolute Gasteiger partial charge is 0.455 e. The number of aromatic nitrogens is 2. The average Bonchev–Trinajstić information content (AvgIpc) is 4.13. The first-order valence-electron chi connectivity index (χ1n) is 25.2. The Hall–Kier alpha value is -5.56. The van der Waals surface area contributed by atoms with Crippen molar-refractivity contribution in [1.82, 2.24) is 29.8 Å². The van der Waals surface area contributed by atoms with Crippen LogP contribution in [0.3, 0.4) is 0 Å². The quantitative estimate of drug-likeness (QED) is 0.0748. The summed E-state index contributed by atoms with van der Waals surface area (Å²) in [5.74, 6) is -1.22. The second-order valence-corrected chi connectivity index (χ2v) is 23.9. The predicted octanol–water partition coefficient (Wildman–Crippen LogP) is 8.65. The summed E-state index contributed by atoms with van der Waals surface area (Å²) >= 11 is 0. The van der Waals surface area contributed by atoms with Gasteiger partial charge in [0.05, 0.1) is 29.2 Å². The van der Waals surface area contributed by atoms with E-state index in [1.807, 2.05) is 11.0 Å². The van der Waals surface area contributed by atoms with Crippen LogP contribution in [0.2, 0.25) is 0 Å². The second-order valence-electron chi connectivity index (χ2n) is 22.3. The number of nitrogens with one attached hydrogen (secondary N) is 3. The molecule has 4 aromatic rings. The highest BCUT2D eigenvalue weighted by Crippen LogP contribution is 2.54. The van der Waals surface area contributed by atoms with Gasteiger partial charge in [-0.05, 0) is 110 Å². The zero-order valence-corrected chi connectivity index (χ0v) is 42.1. The lowest BCUT2D eigenvalue weighted by Crippen LogP contribution is -2.56. The molecule has 6 heterocycles. The van der Waals surface area contributed by atoms with Crippen LogP contribution in [0, 0.1) is 16.6 Å². The third kappa shape index (κ3) is 10.0. The van der Waals surface area contributed by atoms with Gasteiger partial charge in [-0.2, -0.15) is 0 Å². The first-order valence-corrected chi connectivity index (χ1v) is 26.7. The number of aromatic amines is 1. The van der Waals surface area contributed by atoms with E-state index in [-0.39, 0.29) is 51.5 Å². The Morgan fingerprint density at radius 1 is 1.04 bits per heavy atom. The zero-order chi connectivity index (χ0) is 49.9. The predicted molar refractivity (Wildman–Crippen MR) is 273 cm³/mol. The molecule has 4 aliphatic heterocycles. The highest BCUT2D eigenvalue weighted by Gasteiger charge is 2.50. The molecule has 2 aliphatic carbocycles. The molecule has 2 unspecified atom stereocenters. The number of piperidine rings is 2. The number of aliphatic imine (C=N–C) groups is 2. The topological polar surface area (TPSA) is 180 Å². The maximum atomic E-state index is 16.6. The number of alkyl halides is 1. The summed E-state index contributed by atoms with van der Waals surface area (Å²) in [7, 11) is -4.78. The molecule has 2 aromatic carbocycles. The molecule has 4 fully saturated rings. The van der Waals surface area contributed by atoms with Crippen LogP contribution in [0.1, 0.15) is 119 Å². The van der Waals surface area contributed by atoms with Gasteiger partial charge in [0.25, 0.3) is 15.9 Å². The van der Waals surface area contributed by atoms with Gasteiger partial charge in [0.1, 0.15) is 51.6 Å². The van der Waals surface area contributed by atoms with Crippen molar-refractivity contribution in [2.75, 3.05) is 50.7 Å². The number of oxime groups is 1. The third-order valence-electron chi connectivity index (χ3n) is 15.7. The van der Waals surface area contributed by atoms with Crippen LogP contribution in [0.25, 0.3) is 11.0 Å². The first-order chi connectivity index (χ1) is 33.9. The summed E-state index contributed by atoms with van der Waals surface area (Å²) in [5.41, 5.74) is 1.92. The van der Waals surface area contributed by atoms with E-state index in [0.29, 0.717) is 62.7 Å². The molecule has 6 aliphatic rings. The fourth-order valence-corrected chi connectivity index (χ4v) is 13.3. The number of benzene rings is 2. The van der Waals surface area contributed by atoms with Crippen molar-refractivity contribution in [3.05, 3.63) is 94.4 Å². The van der Waals surface area contributed by atoms with Crippen molar-refractivity contribution < 1.29 is 31.9 Å². The van der Waals surface area contributed by atoms with Gasteiger partial charge >= 0.3 is 0 Å². The zero-order valence-electron chi connectivity index (χ0n) is 41.3. The van der Waals surface area contributed by atoms with Gasteiger partial charge in [-0.3, -0.25) is 14.7 Å². The van der Waals surface area contributed by atoms with Crippen LogP contribution in [-0.4, -0.2) is 127 Å². The number of hydrogen-bond donors (Lipinski definition) is 4. The van der Waals surface area contributed by atoms with Crippen molar-refractivity contribution >= 4 is 50.4 Å². The highest BCUT2D eigenvalue weighted by atomic mass is 32.2. The summed E-state index contributed by atoms with van der Waals surface area (Å²) in [6.07, 6.45) is 12.4. The lowest BCUT2D eigenvalue weighted by molar-refractivity contribution is -0.0228. The summed E-state index contributed by atoms with van der Waals surface area (Å²) < 4.78 is 69.7. The van der Waals surface area contributed by atoms with Crippen LogP contribution in [-0.2, 0) is 10.0 Å². The Bertz CT molecular complexity index is 2900. The molecule has 18 heteroatoms. The number of carbonyl (C=O) groups excluding carboxylic acids is 1. The van der Waals surface area contributed by atoms with Crippen molar-refractivity contribution in [3.8, 4) is 11.5 Å². The summed E-state index contributed by atoms with van der Waals surface area (Å²) in [6, 6.07) is 13.9. The Morgan fingerprint density at radius 2 is 1.80 bits per heavy atom. The fourth-order valence-electron chi connectivity index (χ4n) is 12.1. The van der Waals surface area contributed by atoms with Crippen LogP contribution >= 0.6 is 0 Å². The van der Waals surface area contributed by atoms with Crippen LogP contribution in [0.4, 0.5) is 14.5 Å². The van der Waals surface area contributed by atoms with Crippen molar-refractivity contribution in [3.63, 3.8) is 0 Å². The molecule has 0 radical (unpaired) electrons. The Morgan fingerprint density at radius 3 is 2.54 bits per heavy atom. The van der Waals surface area contributed by atoms with E-state index in [1.165, 1.54) is 42.6 Å². The average molecular weight is 993 g/mol. The van der Waals surface area contributed by atoms with Gasteiger partial charge in [-0.25, -0.2) is 31.9 Å². The minimum Gasteiger partial charge on any atom is -0.455 e. The molecule has 1 spiro atoms. The SMILES string of the molecule is CC(C)c1ccccc1[C@@H]1CCCN1C1CC2(CCN(c3cc(Oc4cnc5[nH]ccc5c4)c(C(=O)NS(=O)(=O)C4=CC(=NO)C(NCC5(F)CCN(CC(C)(C)C)CC5)C5N=CN=C45)cc3F)CC2)C1. The maximum absolute atomic E-state index is 16.6. The number of amides is 1. The van der Waals surface area contributed by atoms with Gasteiger partial charge < -0.3 is 30.0 Å². The van der Waals surface area contributed by atoms with E-state index in [1.54, 1.807) is 12.3 Å². The molecule has 2 aromatic heterocycles. The first kappa shape index (κ1) is 49.0. The van der Waals surface area contributed by atoms with E-state index in [4.69, 9.17) is 4.74 Å². The monoisotopic (exact) mass is 992 g/mol. The Kier molecular flexibility index (Phi) is 13.2.